The second-order valence-electron chi connectivity index (χ2n) is 3.18. The molecule has 0 aliphatic carbocycles. The molecule has 1 aromatic rings. The maximum atomic E-state index is 12.4. The number of rotatable bonds is 1. The van der Waals surface area contributed by atoms with Crippen LogP contribution in [0.3, 0.4) is 0 Å². The van der Waals surface area contributed by atoms with Crippen molar-refractivity contribution in [2.24, 2.45) is 5.10 Å². The van der Waals surface area contributed by atoms with Crippen molar-refractivity contribution in [3.05, 3.63) is 22.4 Å². The Bertz CT molecular complexity index is 387. The SMILES string of the molecule is O[C@]1(C(F)(F)F)CC(c2cccs2)=NN1. The number of hydrogen-bond acceptors (Lipinski definition) is 4. The lowest BCUT2D eigenvalue weighted by Gasteiger charge is -2.24. The molecular formula is C8H7F3N2OS. The summed E-state index contributed by atoms with van der Waals surface area (Å²) < 4.78 is 37.1. The molecule has 82 valence electrons. The number of hydrazone groups is 1. The first-order chi connectivity index (χ1) is 6.92. The molecule has 0 spiro atoms. The van der Waals surface area contributed by atoms with Crippen LogP contribution in [-0.4, -0.2) is 22.7 Å². The van der Waals surface area contributed by atoms with Crippen LogP contribution >= 0.6 is 11.3 Å². The zero-order chi connectivity index (χ0) is 11.1. The summed E-state index contributed by atoms with van der Waals surface area (Å²) in [4.78, 5) is 0.627. The lowest BCUT2D eigenvalue weighted by Crippen LogP contribution is -2.52. The Morgan fingerprint density at radius 1 is 1.53 bits per heavy atom. The van der Waals surface area contributed by atoms with Gasteiger partial charge in [0.05, 0.1) is 17.0 Å². The van der Waals surface area contributed by atoms with Gasteiger partial charge in [0.1, 0.15) is 0 Å². The van der Waals surface area contributed by atoms with Gasteiger partial charge in [-0.3, -0.25) is 5.43 Å². The van der Waals surface area contributed by atoms with E-state index in [0.717, 1.165) is 0 Å². The van der Waals surface area contributed by atoms with Crippen molar-refractivity contribution in [2.75, 3.05) is 0 Å². The average molecular weight is 236 g/mol. The minimum absolute atomic E-state index is 0.227. The van der Waals surface area contributed by atoms with E-state index in [9.17, 15) is 18.3 Å². The van der Waals surface area contributed by atoms with Gasteiger partial charge in [-0.2, -0.15) is 18.3 Å². The van der Waals surface area contributed by atoms with Crippen molar-refractivity contribution < 1.29 is 18.3 Å². The van der Waals surface area contributed by atoms with E-state index in [4.69, 9.17) is 0 Å². The number of aliphatic hydroxyl groups is 1. The fourth-order valence-corrected chi connectivity index (χ4v) is 1.94. The van der Waals surface area contributed by atoms with E-state index in [1.165, 1.54) is 11.3 Å². The van der Waals surface area contributed by atoms with Crippen LogP contribution in [-0.2, 0) is 0 Å². The fraction of sp³-hybridized carbons (Fsp3) is 0.375. The van der Waals surface area contributed by atoms with E-state index in [0.29, 0.717) is 4.88 Å². The summed E-state index contributed by atoms with van der Waals surface area (Å²) in [7, 11) is 0. The quantitative estimate of drug-likeness (QED) is 0.779. The molecule has 2 rings (SSSR count). The molecule has 0 aromatic carbocycles. The zero-order valence-electron chi connectivity index (χ0n) is 7.38. The molecule has 0 amide bonds. The van der Waals surface area contributed by atoms with Gasteiger partial charge in [-0.05, 0) is 11.4 Å². The molecule has 2 N–H and O–H groups in total. The molecule has 0 bridgehead atoms. The van der Waals surface area contributed by atoms with Crippen LogP contribution in [0.5, 0.6) is 0 Å². The average Bonchev–Trinajstić information content (AvgIpc) is 2.70. The highest BCUT2D eigenvalue weighted by Crippen LogP contribution is 2.35. The molecule has 1 atom stereocenters. The molecule has 2 heterocycles. The number of nitrogens with zero attached hydrogens (tertiary/aromatic N) is 1. The van der Waals surface area contributed by atoms with Crippen LogP contribution in [0.25, 0.3) is 0 Å². The minimum atomic E-state index is -4.73. The van der Waals surface area contributed by atoms with Crippen LogP contribution in [0.2, 0.25) is 0 Å². The van der Waals surface area contributed by atoms with Gasteiger partial charge in [0.2, 0.25) is 0 Å². The molecule has 1 aliphatic rings. The van der Waals surface area contributed by atoms with E-state index >= 15 is 0 Å². The van der Waals surface area contributed by atoms with Gasteiger partial charge >= 0.3 is 6.18 Å². The summed E-state index contributed by atoms with van der Waals surface area (Å²) in [6.45, 7) is 0. The molecule has 0 saturated carbocycles. The second kappa shape index (κ2) is 3.21. The van der Waals surface area contributed by atoms with Crippen LogP contribution in [0.15, 0.2) is 22.6 Å². The Morgan fingerprint density at radius 2 is 2.27 bits per heavy atom. The summed E-state index contributed by atoms with van der Waals surface area (Å²) in [5, 5.41) is 14.5. The molecular weight excluding hydrogens is 229 g/mol. The molecule has 0 saturated heterocycles. The Morgan fingerprint density at radius 3 is 2.73 bits per heavy atom. The molecule has 7 heteroatoms. The van der Waals surface area contributed by atoms with E-state index < -0.39 is 18.3 Å². The normalized spacial score (nSPS) is 26.3. The predicted octanol–water partition coefficient (Wildman–Crippen LogP) is 1.70. The van der Waals surface area contributed by atoms with Crippen LogP contribution in [0.4, 0.5) is 13.2 Å². The van der Waals surface area contributed by atoms with Crippen LogP contribution in [0.1, 0.15) is 11.3 Å². The van der Waals surface area contributed by atoms with Crippen molar-refractivity contribution in [1.29, 1.82) is 0 Å². The molecule has 0 fully saturated rings. The Labute approximate surface area is 87.2 Å². The van der Waals surface area contributed by atoms with E-state index in [1.807, 2.05) is 0 Å². The third kappa shape index (κ3) is 1.72. The lowest BCUT2D eigenvalue weighted by atomic mass is 10.1. The summed E-state index contributed by atoms with van der Waals surface area (Å²) in [5.41, 5.74) is -0.961. The van der Waals surface area contributed by atoms with Crippen LogP contribution < -0.4 is 5.43 Å². The molecule has 1 aliphatic heterocycles. The molecule has 15 heavy (non-hydrogen) atoms. The maximum absolute atomic E-state index is 12.4. The first-order valence-electron chi connectivity index (χ1n) is 4.09. The first-order valence-corrected chi connectivity index (χ1v) is 4.97. The van der Waals surface area contributed by atoms with Crippen LogP contribution in [0, 0.1) is 0 Å². The van der Waals surface area contributed by atoms with Gasteiger partial charge in [-0.25, -0.2) is 0 Å². The zero-order valence-corrected chi connectivity index (χ0v) is 8.19. The standard InChI is InChI=1S/C8H7F3N2OS/c9-8(10,11)7(14)4-5(12-13-7)6-2-1-3-15-6/h1-3,13-14H,4H2/t7-/m0/s1. The molecule has 0 radical (unpaired) electrons. The van der Waals surface area contributed by atoms with Crippen molar-refractivity contribution >= 4 is 17.0 Å². The second-order valence-corrected chi connectivity index (χ2v) is 4.13. The monoisotopic (exact) mass is 236 g/mol. The van der Waals surface area contributed by atoms with E-state index in [-0.39, 0.29) is 5.71 Å². The van der Waals surface area contributed by atoms with Gasteiger partial charge in [-0.15, -0.1) is 11.3 Å². The van der Waals surface area contributed by atoms with Gasteiger partial charge in [0.15, 0.2) is 0 Å². The van der Waals surface area contributed by atoms with Gasteiger partial charge in [0, 0.05) is 0 Å². The van der Waals surface area contributed by atoms with E-state index in [1.54, 1.807) is 22.9 Å². The highest BCUT2D eigenvalue weighted by Gasteiger charge is 2.57. The maximum Gasteiger partial charge on any atom is 0.438 e. The van der Waals surface area contributed by atoms with Crippen molar-refractivity contribution in [2.45, 2.75) is 18.3 Å². The molecule has 1 aromatic heterocycles. The molecule has 3 nitrogen and oxygen atoms in total. The topological polar surface area (TPSA) is 44.6 Å². The smallest absolute Gasteiger partial charge is 0.362 e. The third-order valence-corrected chi connectivity index (χ3v) is 2.99. The van der Waals surface area contributed by atoms with Crippen molar-refractivity contribution in [1.82, 2.24) is 5.43 Å². The number of hydrogen-bond donors (Lipinski definition) is 2. The largest absolute Gasteiger partial charge is 0.438 e. The highest BCUT2D eigenvalue weighted by molar-refractivity contribution is 7.12. The molecule has 0 unspecified atom stereocenters. The first kappa shape index (κ1) is 10.4. The number of halogens is 3. The summed E-state index contributed by atoms with van der Waals surface area (Å²) in [6, 6.07) is 3.38. The fourth-order valence-electron chi connectivity index (χ4n) is 1.23. The van der Waals surface area contributed by atoms with Crippen molar-refractivity contribution in [3.8, 4) is 0 Å². The Kier molecular flexibility index (Phi) is 2.23. The van der Waals surface area contributed by atoms with E-state index in [2.05, 4.69) is 5.10 Å². The number of alkyl halides is 3. The van der Waals surface area contributed by atoms with Gasteiger partial charge < -0.3 is 5.11 Å². The summed E-state index contributed by atoms with van der Waals surface area (Å²) >= 11 is 1.28. The summed E-state index contributed by atoms with van der Waals surface area (Å²) in [6.07, 6.45) is -5.29. The summed E-state index contributed by atoms with van der Waals surface area (Å²) in [5.74, 6) is 0. The third-order valence-electron chi connectivity index (χ3n) is 2.07. The number of thiophene rings is 1. The lowest BCUT2D eigenvalue weighted by molar-refractivity contribution is -0.266. The van der Waals surface area contributed by atoms with Gasteiger partial charge in [-0.1, -0.05) is 6.07 Å². The Hall–Kier alpha value is -1.08. The van der Waals surface area contributed by atoms with Crippen molar-refractivity contribution in [3.63, 3.8) is 0 Å². The Balaban J connectivity index is 2.18. The highest BCUT2D eigenvalue weighted by atomic mass is 32.1. The minimum Gasteiger partial charge on any atom is -0.362 e. The predicted molar refractivity (Wildman–Crippen MR) is 49.6 cm³/mol. The number of nitrogens with one attached hydrogen (secondary N) is 1. The van der Waals surface area contributed by atoms with Gasteiger partial charge in [0.25, 0.3) is 5.72 Å².